The van der Waals surface area contributed by atoms with Gasteiger partial charge in [-0.1, -0.05) is 19.1 Å². The van der Waals surface area contributed by atoms with Crippen LogP contribution in [0, 0.1) is 0 Å². The summed E-state index contributed by atoms with van der Waals surface area (Å²) in [5.74, 6) is 1.09. The highest BCUT2D eigenvalue weighted by Crippen LogP contribution is 2.30. The monoisotopic (exact) mass is 357 g/mol. The van der Waals surface area contributed by atoms with Crippen LogP contribution >= 0.6 is 27.7 Å². The molecule has 2 rings (SSSR count). The normalized spacial score (nSPS) is 17.9. The van der Waals surface area contributed by atoms with Crippen LogP contribution in [0.5, 0.6) is 0 Å². The van der Waals surface area contributed by atoms with Crippen molar-refractivity contribution < 1.29 is 5.11 Å². The first-order valence-corrected chi connectivity index (χ1v) is 9.23. The Hall–Kier alpha value is -0.0300. The van der Waals surface area contributed by atoms with Crippen molar-refractivity contribution in [1.82, 2.24) is 5.32 Å². The van der Waals surface area contributed by atoms with Crippen LogP contribution in [-0.4, -0.2) is 29.0 Å². The fourth-order valence-electron chi connectivity index (χ4n) is 2.40. The summed E-state index contributed by atoms with van der Waals surface area (Å²) in [6, 6.07) is 9.00. The van der Waals surface area contributed by atoms with E-state index in [-0.39, 0.29) is 12.1 Å². The second kappa shape index (κ2) is 7.83. The highest BCUT2D eigenvalue weighted by Gasteiger charge is 2.33. The number of rotatable bonds is 9. The Morgan fingerprint density at radius 2 is 2.15 bits per heavy atom. The van der Waals surface area contributed by atoms with E-state index in [0.717, 1.165) is 25.0 Å². The van der Waals surface area contributed by atoms with E-state index in [1.54, 1.807) is 0 Å². The lowest BCUT2D eigenvalue weighted by Gasteiger charge is -2.32. The highest BCUT2D eigenvalue weighted by atomic mass is 79.9. The third-order valence-corrected chi connectivity index (χ3v) is 6.07. The van der Waals surface area contributed by atoms with Gasteiger partial charge in [0.05, 0.1) is 6.61 Å². The van der Waals surface area contributed by atoms with Gasteiger partial charge in [0.1, 0.15) is 0 Å². The zero-order chi connectivity index (χ0) is 14.4. The van der Waals surface area contributed by atoms with Crippen LogP contribution in [0.15, 0.2) is 33.6 Å². The molecule has 1 fully saturated rings. The van der Waals surface area contributed by atoms with Gasteiger partial charge in [0, 0.05) is 20.9 Å². The molecule has 0 heterocycles. The van der Waals surface area contributed by atoms with E-state index in [1.165, 1.54) is 22.2 Å². The summed E-state index contributed by atoms with van der Waals surface area (Å²) in [6.45, 7) is 2.42. The highest BCUT2D eigenvalue weighted by molar-refractivity contribution is 9.10. The molecule has 0 bridgehead atoms. The second-order valence-electron chi connectivity index (χ2n) is 5.59. The molecule has 1 aromatic rings. The number of aliphatic hydroxyl groups excluding tert-OH is 1. The topological polar surface area (TPSA) is 32.3 Å². The van der Waals surface area contributed by atoms with Crippen LogP contribution in [0.25, 0.3) is 0 Å². The van der Waals surface area contributed by atoms with Crippen molar-refractivity contribution in [2.24, 2.45) is 0 Å². The predicted molar refractivity (Wildman–Crippen MR) is 90.4 cm³/mol. The Morgan fingerprint density at radius 1 is 1.40 bits per heavy atom. The van der Waals surface area contributed by atoms with E-state index in [9.17, 15) is 5.11 Å². The van der Waals surface area contributed by atoms with Gasteiger partial charge in [-0.2, -0.15) is 0 Å². The third kappa shape index (κ3) is 4.76. The quantitative estimate of drug-likeness (QED) is 0.512. The Bertz CT molecular complexity index is 419. The zero-order valence-corrected chi connectivity index (χ0v) is 14.5. The van der Waals surface area contributed by atoms with Gasteiger partial charge >= 0.3 is 0 Å². The molecular weight excluding hydrogens is 334 g/mol. The molecule has 2 N–H and O–H groups in total. The van der Waals surface area contributed by atoms with E-state index < -0.39 is 0 Å². The Kier molecular flexibility index (Phi) is 6.40. The second-order valence-corrected chi connectivity index (χ2v) is 7.58. The molecule has 0 aromatic heterocycles. The number of hydrogen-bond acceptors (Lipinski definition) is 3. The van der Waals surface area contributed by atoms with Gasteiger partial charge in [-0.25, -0.2) is 0 Å². The van der Waals surface area contributed by atoms with E-state index in [0.29, 0.717) is 6.04 Å². The number of halogens is 1. The Labute approximate surface area is 134 Å². The van der Waals surface area contributed by atoms with Crippen LogP contribution in [-0.2, 0) is 0 Å². The number of nitrogens with one attached hydrogen (secondary N) is 1. The molecule has 0 spiro atoms. The predicted octanol–water partition coefficient (Wildman–Crippen LogP) is 4.21. The minimum Gasteiger partial charge on any atom is -0.394 e. The van der Waals surface area contributed by atoms with E-state index in [4.69, 9.17) is 0 Å². The third-order valence-electron chi connectivity index (χ3n) is 3.96. The van der Waals surface area contributed by atoms with Crippen molar-refractivity contribution in [3.63, 3.8) is 0 Å². The van der Waals surface area contributed by atoms with Crippen molar-refractivity contribution >= 4 is 27.7 Å². The van der Waals surface area contributed by atoms with Crippen molar-refractivity contribution in [3.05, 3.63) is 28.7 Å². The van der Waals surface area contributed by atoms with Crippen LogP contribution < -0.4 is 5.32 Å². The molecule has 4 heteroatoms. The van der Waals surface area contributed by atoms with E-state index in [1.807, 2.05) is 17.8 Å². The van der Waals surface area contributed by atoms with Gasteiger partial charge < -0.3 is 10.4 Å². The molecule has 112 valence electrons. The maximum atomic E-state index is 9.74. The molecule has 0 amide bonds. The van der Waals surface area contributed by atoms with Gasteiger partial charge in [0.15, 0.2) is 0 Å². The molecule has 0 radical (unpaired) electrons. The number of aliphatic hydroxyl groups is 1. The lowest BCUT2D eigenvalue weighted by Crippen LogP contribution is -2.49. The molecular formula is C16H24BrNOS. The fourth-order valence-corrected chi connectivity index (χ4v) is 3.92. The SMILES string of the molecule is CCC(CO)(CCCSc1ccccc1Br)NC1CC1. The van der Waals surface area contributed by atoms with Crippen molar-refractivity contribution in [3.8, 4) is 0 Å². The zero-order valence-electron chi connectivity index (χ0n) is 12.1. The lowest BCUT2D eigenvalue weighted by molar-refractivity contribution is 0.144. The Balaban J connectivity index is 1.77. The molecule has 1 aliphatic carbocycles. The maximum absolute atomic E-state index is 9.74. The summed E-state index contributed by atoms with van der Waals surface area (Å²) >= 11 is 5.47. The van der Waals surface area contributed by atoms with Crippen LogP contribution in [0.4, 0.5) is 0 Å². The molecule has 2 nitrogen and oxygen atoms in total. The summed E-state index contributed by atoms with van der Waals surface area (Å²) in [5.41, 5.74) is -0.0599. The smallest absolute Gasteiger partial charge is 0.0613 e. The van der Waals surface area contributed by atoms with Gasteiger partial charge in [-0.3, -0.25) is 0 Å². The van der Waals surface area contributed by atoms with Gasteiger partial charge in [-0.05, 0) is 65.9 Å². The standard InChI is InChI=1S/C16H24BrNOS/c1-2-16(12-19,18-13-8-9-13)10-5-11-20-15-7-4-3-6-14(15)17/h3-4,6-7,13,18-19H,2,5,8-12H2,1H3. The molecule has 0 saturated heterocycles. The minimum atomic E-state index is -0.0599. The summed E-state index contributed by atoms with van der Waals surface area (Å²) in [6.07, 6.45) is 5.72. The molecule has 0 aliphatic heterocycles. The first-order valence-electron chi connectivity index (χ1n) is 7.45. The van der Waals surface area contributed by atoms with Gasteiger partial charge in [0.2, 0.25) is 0 Å². The lowest BCUT2D eigenvalue weighted by atomic mass is 9.91. The summed E-state index contributed by atoms with van der Waals surface area (Å²) < 4.78 is 1.17. The first kappa shape index (κ1) is 16.3. The molecule has 1 atom stereocenters. The molecule has 1 aromatic carbocycles. The molecule has 1 unspecified atom stereocenters. The summed E-state index contributed by atoms with van der Waals surface area (Å²) in [4.78, 5) is 1.30. The average molecular weight is 358 g/mol. The Morgan fingerprint density at radius 3 is 2.75 bits per heavy atom. The fraction of sp³-hybridized carbons (Fsp3) is 0.625. The van der Waals surface area contributed by atoms with Crippen molar-refractivity contribution in [1.29, 1.82) is 0 Å². The van der Waals surface area contributed by atoms with E-state index >= 15 is 0 Å². The number of thioether (sulfide) groups is 1. The van der Waals surface area contributed by atoms with Crippen LogP contribution in [0.1, 0.15) is 39.0 Å². The minimum absolute atomic E-state index is 0.0599. The average Bonchev–Trinajstić information content (AvgIpc) is 3.28. The van der Waals surface area contributed by atoms with Crippen LogP contribution in [0.2, 0.25) is 0 Å². The molecule has 1 aliphatic rings. The summed E-state index contributed by atoms with van der Waals surface area (Å²) in [7, 11) is 0. The van der Waals surface area contributed by atoms with Crippen molar-refractivity contribution in [2.45, 2.75) is 55.5 Å². The van der Waals surface area contributed by atoms with Crippen molar-refractivity contribution in [2.75, 3.05) is 12.4 Å². The number of benzene rings is 1. The van der Waals surface area contributed by atoms with Crippen LogP contribution in [0.3, 0.4) is 0 Å². The molecule has 20 heavy (non-hydrogen) atoms. The van der Waals surface area contributed by atoms with E-state index in [2.05, 4.69) is 46.4 Å². The molecule has 1 saturated carbocycles. The van der Waals surface area contributed by atoms with Gasteiger partial charge in [-0.15, -0.1) is 11.8 Å². The summed E-state index contributed by atoms with van der Waals surface area (Å²) in [5, 5.41) is 13.4. The van der Waals surface area contributed by atoms with Gasteiger partial charge in [0.25, 0.3) is 0 Å². The largest absolute Gasteiger partial charge is 0.394 e. The maximum Gasteiger partial charge on any atom is 0.0613 e. The first-order chi connectivity index (χ1) is 9.69. The number of hydrogen-bond donors (Lipinski definition) is 2.